The fourth-order valence-corrected chi connectivity index (χ4v) is 2.86. The lowest BCUT2D eigenvalue weighted by molar-refractivity contribution is -0.137. The van der Waals surface area contributed by atoms with Gasteiger partial charge in [0.25, 0.3) is 0 Å². The zero-order valence-electron chi connectivity index (χ0n) is 16.7. The Morgan fingerprint density at radius 2 is 1.76 bits per heavy atom. The molecule has 0 spiro atoms. The third-order valence-corrected chi connectivity index (χ3v) is 4.33. The topological polar surface area (TPSA) is 94.1 Å². The average molecular weight is 401 g/mol. The van der Waals surface area contributed by atoms with Crippen molar-refractivity contribution in [3.63, 3.8) is 0 Å². The maximum absolute atomic E-state index is 12.3. The van der Waals surface area contributed by atoms with Gasteiger partial charge in [0.1, 0.15) is 0 Å². The lowest BCUT2D eigenvalue weighted by atomic mass is 10.0. The number of carbonyl (C=O) groups is 2. The van der Waals surface area contributed by atoms with E-state index in [9.17, 15) is 14.7 Å². The van der Waals surface area contributed by atoms with Crippen LogP contribution in [0.2, 0.25) is 0 Å². The first-order chi connectivity index (χ1) is 14.0. The number of hydrogen-bond donors (Lipinski definition) is 2. The molecule has 0 saturated carbocycles. The Balaban J connectivity index is 1.87. The minimum absolute atomic E-state index is 0.227. The number of methoxy groups -OCH3 is 2. The van der Waals surface area contributed by atoms with E-state index < -0.39 is 12.0 Å². The molecule has 0 fully saturated rings. The summed E-state index contributed by atoms with van der Waals surface area (Å²) in [5, 5.41) is 12.0. The van der Waals surface area contributed by atoms with Crippen LogP contribution in [0.1, 0.15) is 36.4 Å². The number of carbonyl (C=O) groups excluding carboxylic acids is 1. The van der Waals surface area contributed by atoms with Gasteiger partial charge in [0, 0.05) is 13.0 Å². The van der Waals surface area contributed by atoms with Gasteiger partial charge in [-0.15, -0.1) is 0 Å². The Bertz CT molecular complexity index is 793. The van der Waals surface area contributed by atoms with Crippen molar-refractivity contribution in [3.05, 3.63) is 59.7 Å². The van der Waals surface area contributed by atoms with Crippen molar-refractivity contribution in [2.24, 2.45) is 0 Å². The molecule has 29 heavy (non-hydrogen) atoms. The Kier molecular flexibility index (Phi) is 8.98. The summed E-state index contributed by atoms with van der Waals surface area (Å²) >= 11 is 0. The zero-order chi connectivity index (χ0) is 21.1. The van der Waals surface area contributed by atoms with Crippen molar-refractivity contribution in [1.82, 2.24) is 5.32 Å². The smallest absolute Gasteiger partial charge is 0.305 e. The summed E-state index contributed by atoms with van der Waals surface area (Å²) in [6, 6.07) is 14.2. The van der Waals surface area contributed by atoms with Crippen LogP contribution in [0.25, 0.3) is 0 Å². The van der Waals surface area contributed by atoms with Gasteiger partial charge in [0.15, 0.2) is 11.5 Å². The van der Waals surface area contributed by atoms with E-state index in [1.54, 1.807) is 18.2 Å². The van der Waals surface area contributed by atoms with E-state index in [4.69, 9.17) is 14.2 Å². The summed E-state index contributed by atoms with van der Waals surface area (Å²) in [5.74, 6) is -0.221. The summed E-state index contributed by atoms with van der Waals surface area (Å²) in [6.45, 7) is 0.942. The van der Waals surface area contributed by atoms with Crippen LogP contribution in [0.5, 0.6) is 11.5 Å². The number of carboxylic acid groups (broad SMARTS) is 1. The normalized spacial score (nSPS) is 11.5. The Morgan fingerprint density at radius 3 is 2.41 bits per heavy atom. The molecule has 0 radical (unpaired) electrons. The molecule has 0 aliphatic rings. The highest BCUT2D eigenvalue weighted by Crippen LogP contribution is 2.31. The number of nitrogens with one attached hydrogen (secondary N) is 1. The molecule has 0 heterocycles. The summed E-state index contributed by atoms with van der Waals surface area (Å²) in [5.41, 5.74) is 1.71. The molecule has 0 aliphatic carbocycles. The number of aliphatic carboxylic acids is 1. The quantitative estimate of drug-likeness (QED) is 0.530. The van der Waals surface area contributed by atoms with E-state index in [1.807, 2.05) is 30.3 Å². The van der Waals surface area contributed by atoms with Gasteiger partial charge in [-0.05, 0) is 29.7 Å². The molecule has 0 saturated heterocycles. The molecule has 2 aromatic carbocycles. The van der Waals surface area contributed by atoms with Gasteiger partial charge in [-0.2, -0.15) is 0 Å². The molecular weight excluding hydrogens is 374 g/mol. The number of benzene rings is 2. The molecule has 0 aromatic heterocycles. The number of amides is 1. The summed E-state index contributed by atoms with van der Waals surface area (Å²) in [7, 11) is 3.02. The number of carboxylic acids is 1. The van der Waals surface area contributed by atoms with Gasteiger partial charge in [-0.3, -0.25) is 9.59 Å². The van der Waals surface area contributed by atoms with Crippen molar-refractivity contribution >= 4 is 11.9 Å². The molecule has 1 unspecified atom stereocenters. The maximum atomic E-state index is 12.3. The molecule has 0 aliphatic heterocycles. The van der Waals surface area contributed by atoms with Gasteiger partial charge < -0.3 is 24.6 Å². The van der Waals surface area contributed by atoms with Crippen molar-refractivity contribution in [2.45, 2.75) is 31.9 Å². The highest BCUT2D eigenvalue weighted by molar-refractivity contribution is 5.77. The fraction of sp³-hybridized carbons (Fsp3) is 0.364. The van der Waals surface area contributed by atoms with Crippen LogP contribution in [0.4, 0.5) is 0 Å². The Labute approximate surface area is 170 Å². The second-order valence-electron chi connectivity index (χ2n) is 6.47. The Hall–Kier alpha value is -3.06. The molecule has 1 atom stereocenters. The van der Waals surface area contributed by atoms with Gasteiger partial charge in [0.2, 0.25) is 5.91 Å². The van der Waals surface area contributed by atoms with Gasteiger partial charge >= 0.3 is 5.97 Å². The Morgan fingerprint density at radius 1 is 1.03 bits per heavy atom. The van der Waals surface area contributed by atoms with Crippen LogP contribution in [-0.4, -0.2) is 37.8 Å². The molecule has 2 aromatic rings. The summed E-state index contributed by atoms with van der Waals surface area (Å²) < 4.78 is 16.0. The van der Waals surface area contributed by atoms with Gasteiger partial charge in [-0.25, -0.2) is 0 Å². The lowest BCUT2D eigenvalue weighted by Gasteiger charge is -2.19. The molecule has 0 bridgehead atoms. The molecule has 7 nitrogen and oxygen atoms in total. The standard InChI is InChI=1S/C22H27NO6/c1-27-19-11-10-17(13-20(19)28-2)18(14-22(25)26)23-21(24)9-6-12-29-15-16-7-4-3-5-8-16/h3-5,7-8,10-11,13,18H,6,9,12,14-15H2,1-2H3,(H,23,24)(H,25,26). The first-order valence-corrected chi connectivity index (χ1v) is 9.38. The van der Waals surface area contributed by atoms with E-state index in [0.717, 1.165) is 5.56 Å². The molecule has 7 heteroatoms. The number of ether oxygens (including phenoxy) is 3. The molecule has 2 rings (SSSR count). The van der Waals surface area contributed by atoms with Crippen LogP contribution in [0.15, 0.2) is 48.5 Å². The molecule has 156 valence electrons. The first-order valence-electron chi connectivity index (χ1n) is 9.38. The molecule has 2 N–H and O–H groups in total. The monoisotopic (exact) mass is 401 g/mol. The van der Waals surface area contributed by atoms with E-state index in [0.29, 0.717) is 36.7 Å². The van der Waals surface area contributed by atoms with Crippen LogP contribution in [0.3, 0.4) is 0 Å². The van der Waals surface area contributed by atoms with Crippen LogP contribution in [-0.2, 0) is 20.9 Å². The fourth-order valence-electron chi connectivity index (χ4n) is 2.86. The highest BCUT2D eigenvalue weighted by atomic mass is 16.5. The molecular formula is C22H27NO6. The third-order valence-electron chi connectivity index (χ3n) is 4.33. The van der Waals surface area contributed by atoms with Crippen molar-refractivity contribution in [1.29, 1.82) is 0 Å². The van der Waals surface area contributed by atoms with Crippen molar-refractivity contribution < 1.29 is 28.9 Å². The third kappa shape index (κ3) is 7.46. The lowest BCUT2D eigenvalue weighted by Crippen LogP contribution is -2.30. The number of hydrogen-bond acceptors (Lipinski definition) is 5. The predicted octanol–water partition coefficient (Wildman–Crippen LogP) is 3.33. The summed E-state index contributed by atoms with van der Waals surface area (Å²) in [4.78, 5) is 23.6. The zero-order valence-corrected chi connectivity index (χ0v) is 16.7. The largest absolute Gasteiger partial charge is 0.493 e. The average Bonchev–Trinajstić information content (AvgIpc) is 2.73. The predicted molar refractivity (Wildman–Crippen MR) is 108 cm³/mol. The van der Waals surface area contributed by atoms with E-state index in [1.165, 1.54) is 14.2 Å². The second-order valence-corrected chi connectivity index (χ2v) is 6.47. The van der Waals surface area contributed by atoms with E-state index in [-0.39, 0.29) is 18.7 Å². The van der Waals surface area contributed by atoms with Crippen LogP contribution >= 0.6 is 0 Å². The number of rotatable bonds is 12. The SMILES string of the molecule is COc1ccc(C(CC(=O)O)NC(=O)CCCOCc2ccccc2)cc1OC. The van der Waals surface area contributed by atoms with Crippen LogP contribution < -0.4 is 14.8 Å². The highest BCUT2D eigenvalue weighted by Gasteiger charge is 2.19. The van der Waals surface area contributed by atoms with Gasteiger partial charge in [-0.1, -0.05) is 36.4 Å². The minimum atomic E-state index is -1.00. The van der Waals surface area contributed by atoms with Crippen molar-refractivity contribution in [2.75, 3.05) is 20.8 Å². The second kappa shape index (κ2) is 11.7. The molecule has 1 amide bonds. The summed E-state index contributed by atoms with van der Waals surface area (Å²) in [6.07, 6.45) is 0.564. The van der Waals surface area contributed by atoms with Gasteiger partial charge in [0.05, 0.1) is 33.3 Å². The van der Waals surface area contributed by atoms with E-state index >= 15 is 0 Å². The van der Waals surface area contributed by atoms with Crippen molar-refractivity contribution in [3.8, 4) is 11.5 Å². The first kappa shape index (κ1) is 22.2. The van der Waals surface area contributed by atoms with E-state index in [2.05, 4.69) is 5.32 Å². The maximum Gasteiger partial charge on any atom is 0.305 e. The van der Waals surface area contributed by atoms with Crippen LogP contribution in [0, 0.1) is 0 Å². The minimum Gasteiger partial charge on any atom is -0.493 e.